The molecule has 1 aliphatic rings. The Hall–Kier alpha value is -1.20. The molecule has 0 N–H and O–H groups in total. The quantitative estimate of drug-likeness (QED) is 0.728. The molecule has 0 saturated carbocycles. The highest BCUT2D eigenvalue weighted by Crippen LogP contribution is 2.28. The first-order valence-corrected chi connectivity index (χ1v) is 12.9. The van der Waals surface area contributed by atoms with E-state index in [0.29, 0.717) is 0 Å². The molecule has 1 aromatic heterocycles. The van der Waals surface area contributed by atoms with Crippen LogP contribution in [0.25, 0.3) is 11.1 Å². The molecule has 3 rings (SSSR count). The fraction of sp³-hybridized carbons (Fsp3) is 0.312. The highest BCUT2D eigenvalue weighted by atomic mass is 28.3. The van der Waals surface area contributed by atoms with E-state index in [9.17, 15) is 0 Å². The predicted molar refractivity (Wildman–Crippen MR) is 89.7 cm³/mol. The van der Waals surface area contributed by atoms with Crippen LogP contribution in [0.15, 0.2) is 30.5 Å². The third-order valence-corrected chi connectivity index (χ3v) is 9.71. The van der Waals surface area contributed by atoms with Gasteiger partial charge in [-0.25, -0.2) is 0 Å². The Labute approximate surface area is 118 Å². The second-order valence-electron chi connectivity index (χ2n) is 6.37. The van der Waals surface area contributed by atoms with Crippen LogP contribution in [0.1, 0.15) is 5.69 Å². The van der Waals surface area contributed by atoms with Crippen molar-refractivity contribution < 1.29 is 0 Å². The molecule has 0 spiro atoms. The molecular weight excluding hydrogens is 262 g/mol. The lowest BCUT2D eigenvalue weighted by molar-refractivity contribution is 1.22. The molecule has 0 radical (unpaired) electrons. The number of aromatic nitrogens is 1. The first kappa shape index (κ1) is 12.8. The second kappa shape index (κ2) is 4.15. The first-order valence-electron chi connectivity index (χ1n) is 7.04. The molecule has 2 heterocycles. The molecular formula is C16H21NSi2. The van der Waals surface area contributed by atoms with E-state index in [1.807, 2.05) is 6.20 Å². The summed E-state index contributed by atoms with van der Waals surface area (Å²) in [4.78, 5) is 4.55. The Bertz CT molecular complexity index is 660. The minimum absolute atomic E-state index is 0.817. The van der Waals surface area contributed by atoms with E-state index in [0.717, 1.165) is 0 Å². The summed E-state index contributed by atoms with van der Waals surface area (Å²) in [5.41, 5.74) is 4.23. The zero-order valence-electron chi connectivity index (χ0n) is 12.4. The molecule has 0 fully saturated rings. The zero-order valence-corrected chi connectivity index (χ0v) is 14.6. The molecule has 0 amide bonds. The van der Waals surface area contributed by atoms with Gasteiger partial charge in [0.2, 0.25) is 0 Å². The highest BCUT2D eigenvalue weighted by molar-refractivity contribution is 7.04. The molecule has 0 unspecified atom stereocenters. The largest absolute Gasteiger partial charge is 0.261 e. The van der Waals surface area contributed by atoms with Gasteiger partial charge in [-0.3, -0.25) is 4.98 Å². The van der Waals surface area contributed by atoms with Gasteiger partial charge in [-0.05, 0) is 28.9 Å². The Morgan fingerprint density at radius 3 is 2.37 bits per heavy atom. The van der Waals surface area contributed by atoms with Gasteiger partial charge in [0.1, 0.15) is 8.07 Å². The number of hydrogen-bond acceptors (Lipinski definition) is 1. The van der Waals surface area contributed by atoms with E-state index >= 15 is 0 Å². The van der Waals surface area contributed by atoms with Gasteiger partial charge in [0.15, 0.2) is 0 Å². The third kappa shape index (κ3) is 1.68. The topological polar surface area (TPSA) is 12.9 Å². The van der Waals surface area contributed by atoms with Crippen molar-refractivity contribution in [2.75, 3.05) is 0 Å². The van der Waals surface area contributed by atoms with Gasteiger partial charge in [0.25, 0.3) is 0 Å². The number of nitrogens with zero attached hydrogens (tertiary/aromatic N) is 1. The Kier molecular flexibility index (Phi) is 2.80. The summed E-state index contributed by atoms with van der Waals surface area (Å²) >= 11 is 0. The van der Waals surface area contributed by atoms with Gasteiger partial charge in [0.05, 0.1) is 8.80 Å². The zero-order chi connectivity index (χ0) is 13.8. The average molecular weight is 284 g/mol. The lowest BCUT2D eigenvalue weighted by Gasteiger charge is -2.19. The SMILES string of the molecule is Cc1nccc2c1-c1c([SiH](C)C)cccc1[Si]2(C)C. The number of benzene rings is 1. The van der Waals surface area contributed by atoms with Crippen molar-refractivity contribution in [3.05, 3.63) is 36.2 Å². The fourth-order valence-electron chi connectivity index (χ4n) is 3.40. The van der Waals surface area contributed by atoms with Gasteiger partial charge in [0, 0.05) is 17.5 Å². The first-order chi connectivity index (χ1) is 8.94. The summed E-state index contributed by atoms with van der Waals surface area (Å²) in [6.07, 6.45) is 1.99. The van der Waals surface area contributed by atoms with Crippen LogP contribution in [0, 0.1) is 6.92 Å². The van der Waals surface area contributed by atoms with Crippen LogP contribution in [0.3, 0.4) is 0 Å². The maximum atomic E-state index is 4.55. The molecule has 1 aromatic carbocycles. The predicted octanol–water partition coefficient (Wildman–Crippen LogP) is 1.89. The van der Waals surface area contributed by atoms with Crippen LogP contribution >= 0.6 is 0 Å². The fourth-order valence-corrected chi connectivity index (χ4v) is 8.04. The number of rotatable bonds is 1. The van der Waals surface area contributed by atoms with E-state index in [4.69, 9.17) is 0 Å². The number of fused-ring (bicyclic) bond motifs is 3. The van der Waals surface area contributed by atoms with Crippen molar-refractivity contribution in [1.82, 2.24) is 4.98 Å². The van der Waals surface area contributed by atoms with E-state index in [1.165, 1.54) is 11.3 Å². The van der Waals surface area contributed by atoms with Gasteiger partial charge in [-0.15, -0.1) is 0 Å². The van der Waals surface area contributed by atoms with E-state index in [1.54, 1.807) is 21.1 Å². The van der Waals surface area contributed by atoms with Gasteiger partial charge < -0.3 is 0 Å². The van der Waals surface area contributed by atoms with Crippen molar-refractivity contribution in [2.24, 2.45) is 0 Å². The van der Waals surface area contributed by atoms with Crippen molar-refractivity contribution in [2.45, 2.75) is 33.1 Å². The summed E-state index contributed by atoms with van der Waals surface area (Å²) in [6, 6.07) is 9.24. The summed E-state index contributed by atoms with van der Waals surface area (Å²) < 4.78 is 0. The van der Waals surface area contributed by atoms with Crippen LogP contribution in [0.2, 0.25) is 26.2 Å². The lowest BCUT2D eigenvalue weighted by atomic mass is 10.0. The van der Waals surface area contributed by atoms with Gasteiger partial charge in [-0.2, -0.15) is 0 Å². The third-order valence-electron chi connectivity index (χ3n) is 4.46. The Morgan fingerprint density at radius 1 is 1.00 bits per heavy atom. The molecule has 98 valence electrons. The van der Waals surface area contributed by atoms with Crippen molar-refractivity contribution in [1.29, 1.82) is 0 Å². The summed E-state index contributed by atoms with van der Waals surface area (Å²) in [6.45, 7) is 12.0. The smallest absolute Gasteiger partial charge is 0.113 e. The van der Waals surface area contributed by atoms with Crippen LogP contribution in [0.5, 0.6) is 0 Å². The van der Waals surface area contributed by atoms with Crippen LogP contribution < -0.4 is 15.6 Å². The average Bonchev–Trinajstić information content (AvgIpc) is 2.60. The Morgan fingerprint density at radius 2 is 1.68 bits per heavy atom. The van der Waals surface area contributed by atoms with E-state index < -0.39 is 16.9 Å². The minimum Gasteiger partial charge on any atom is -0.261 e. The number of aryl methyl sites for hydroxylation is 1. The van der Waals surface area contributed by atoms with Crippen molar-refractivity contribution in [3.8, 4) is 11.1 Å². The van der Waals surface area contributed by atoms with Gasteiger partial charge >= 0.3 is 0 Å². The summed E-state index contributed by atoms with van der Waals surface area (Å²) in [5, 5.41) is 4.82. The van der Waals surface area contributed by atoms with Gasteiger partial charge in [-0.1, -0.05) is 49.6 Å². The maximum absolute atomic E-state index is 4.55. The van der Waals surface area contributed by atoms with E-state index in [-0.39, 0.29) is 0 Å². The maximum Gasteiger partial charge on any atom is 0.113 e. The van der Waals surface area contributed by atoms with Crippen LogP contribution in [-0.2, 0) is 0 Å². The molecule has 0 bridgehead atoms. The van der Waals surface area contributed by atoms with E-state index in [2.05, 4.69) is 62.4 Å². The normalized spacial score (nSPS) is 15.5. The van der Waals surface area contributed by atoms with Crippen molar-refractivity contribution in [3.63, 3.8) is 0 Å². The Balaban J connectivity index is 2.45. The molecule has 0 aliphatic carbocycles. The second-order valence-corrected chi connectivity index (χ2v) is 13.6. The molecule has 3 heteroatoms. The molecule has 1 aliphatic heterocycles. The van der Waals surface area contributed by atoms with Crippen LogP contribution in [-0.4, -0.2) is 21.9 Å². The molecule has 0 atom stereocenters. The number of hydrogen-bond donors (Lipinski definition) is 0. The summed E-state index contributed by atoms with van der Waals surface area (Å²) in [7, 11) is -2.32. The molecule has 2 aromatic rings. The molecule has 0 saturated heterocycles. The lowest BCUT2D eigenvalue weighted by Crippen LogP contribution is -2.50. The summed E-state index contributed by atoms with van der Waals surface area (Å²) in [5.74, 6) is 0. The standard InChI is InChI=1S/C16H21NSi2/c1-11-15-14(9-10-17-11)19(4,5)13-8-6-7-12(16(13)15)18(2)3/h6-10,18H,1-5H3. The molecule has 1 nitrogen and oxygen atoms in total. The van der Waals surface area contributed by atoms with Crippen LogP contribution in [0.4, 0.5) is 0 Å². The monoisotopic (exact) mass is 283 g/mol. The minimum atomic E-state index is -1.51. The number of pyridine rings is 1. The molecule has 19 heavy (non-hydrogen) atoms. The highest BCUT2D eigenvalue weighted by Gasteiger charge is 2.39. The van der Waals surface area contributed by atoms with Crippen molar-refractivity contribution >= 4 is 32.4 Å².